The summed E-state index contributed by atoms with van der Waals surface area (Å²) in [4.78, 5) is 0. The van der Waals surface area contributed by atoms with Gasteiger partial charge >= 0.3 is 0 Å². The standard InChI is InChI=1S/C13H21ClN2O/c1-9(2)5-6-16-8-13(17)10-3-4-11(14)12(15)7-10/h3-4,7,9,13,16-17H,5-6,8,15H2,1-2H3. The number of nitrogens with one attached hydrogen (secondary N) is 1. The summed E-state index contributed by atoms with van der Waals surface area (Å²) in [6.07, 6.45) is 0.567. The third-order valence-corrected chi connectivity index (χ3v) is 2.99. The highest BCUT2D eigenvalue weighted by atomic mass is 35.5. The number of nitrogens with two attached hydrogens (primary N) is 1. The van der Waals surface area contributed by atoms with Gasteiger partial charge in [0, 0.05) is 6.54 Å². The lowest BCUT2D eigenvalue weighted by atomic mass is 10.1. The van der Waals surface area contributed by atoms with Crippen molar-refractivity contribution >= 4 is 17.3 Å². The van der Waals surface area contributed by atoms with E-state index >= 15 is 0 Å². The Morgan fingerprint density at radius 1 is 1.41 bits per heavy atom. The lowest BCUT2D eigenvalue weighted by Crippen LogP contribution is -2.23. The highest BCUT2D eigenvalue weighted by Crippen LogP contribution is 2.22. The van der Waals surface area contributed by atoms with Crippen molar-refractivity contribution in [3.05, 3.63) is 28.8 Å². The Morgan fingerprint density at radius 2 is 2.12 bits per heavy atom. The van der Waals surface area contributed by atoms with Crippen molar-refractivity contribution in [3.63, 3.8) is 0 Å². The van der Waals surface area contributed by atoms with Crippen LogP contribution in [0.2, 0.25) is 5.02 Å². The molecule has 1 rings (SSSR count). The van der Waals surface area contributed by atoms with Gasteiger partial charge in [0.15, 0.2) is 0 Å². The lowest BCUT2D eigenvalue weighted by Gasteiger charge is -2.13. The highest BCUT2D eigenvalue weighted by molar-refractivity contribution is 6.33. The average molecular weight is 257 g/mol. The van der Waals surface area contributed by atoms with Gasteiger partial charge in [-0.15, -0.1) is 0 Å². The molecule has 0 saturated heterocycles. The van der Waals surface area contributed by atoms with Crippen LogP contribution in [-0.4, -0.2) is 18.2 Å². The van der Waals surface area contributed by atoms with Crippen LogP contribution in [0.25, 0.3) is 0 Å². The van der Waals surface area contributed by atoms with Gasteiger partial charge in [0.1, 0.15) is 0 Å². The third-order valence-electron chi connectivity index (χ3n) is 2.64. The molecule has 0 aromatic heterocycles. The van der Waals surface area contributed by atoms with Crippen molar-refractivity contribution in [1.29, 1.82) is 0 Å². The average Bonchev–Trinajstić information content (AvgIpc) is 2.27. The molecule has 0 aliphatic carbocycles. The number of anilines is 1. The largest absolute Gasteiger partial charge is 0.398 e. The second-order valence-corrected chi connectivity index (χ2v) is 5.09. The van der Waals surface area contributed by atoms with Crippen LogP contribution in [-0.2, 0) is 0 Å². The van der Waals surface area contributed by atoms with E-state index in [0.717, 1.165) is 18.5 Å². The zero-order chi connectivity index (χ0) is 12.8. The normalized spacial score (nSPS) is 13.0. The van der Waals surface area contributed by atoms with E-state index in [1.165, 1.54) is 0 Å². The van der Waals surface area contributed by atoms with Crippen LogP contribution in [0.4, 0.5) is 5.69 Å². The maximum atomic E-state index is 9.94. The molecule has 4 heteroatoms. The minimum Gasteiger partial charge on any atom is -0.398 e. The van der Waals surface area contributed by atoms with E-state index in [1.54, 1.807) is 18.2 Å². The molecule has 0 heterocycles. The van der Waals surface area contributed by atoms with Crippen molar-refractivity contribution in [3.8, 4) is 0 Å². The molecule has 0 saturated carbocycles. The molecule has 1 unspecified atom stereocenters. The van der Waals surface area contributed by atoms with Crippen molar-refractivity contribution in [1.82, 2.24) is 5.32 Å². The smallest absolute Gasteiger partial charge is 0.0915 e. The maximum absolute atomic E-state index is 9.94. The molecule has 17 heavy (non-hydrogen) atoms. The summed E-state index contributed by atoms with van der Waals surface area (Å²) < 4.78 is 0. The van der Waals surface area contributed by atoms with Crippen molar-refractivity contribution in [2.24, 2.45) is 5.92 Å². The van der Waals surface area contributed by atoms with E-state index in [-0.39, 0.29) is 0 Å². The zero-order valence-corrected chi connectivity index (χ0v) is 11.2. The highest BCUT2D eigenvalue weighted by Gasteiger charge is 2.08. The Morgan fingerprint density at radius 3 is 2.71 bits per heavy atom. The van der Waals surface area contributed by atoms with Gasteiger partial charge in [-0.1, -0.05) is 31.5 Å². The molecule has 96 valence electrons. The van der Waals surface area contributed by atoms with Gasteiger partial charge in [-0.05, 0) is 36.6 Å². The predicted molar refractivity (Wildman–Crippen MR) is 73.1 cm³/mol. The topological polar surface area (TPSA) is 58.3 Å². The van der Waals surface area contributed by atoms with Gasteiger partial charge in [0.2, 0.25) is 0 Å². The van der Waals surface area contributed by atoms with Gasteiger partial charge in [-0.2, -0.15) is 0 Å². The quantitative estimate of drug-likeness (QED) is 0.542. The first kappa shape index (κ1) is 14.3. The van der Waals surface area contributed by atoms with Crippen LogP contribution >= 0.6 is 11.6 Å². The van der Waals surface area contributed by atoms with Crippen LogP contribution in [0.5, 0.6) is 0 Å². The fourth-order valence-electron chi connectivity index (χ4n) is 1.52. The van der Waals surface area contributed by atoms with E-state index in [9.17, 15) is 5.11 Å². The number of benzene rings is 1. The predicted octanol–water partition coefficient (Wildman–Crippen LogP) is 2.59. The number of halogens is 1. The van der Waals surface area contributed by atoms with Gasteiger partial charge in [0.25, 0.3) is 0 Å². The molecular formula is C13H21ClN2O. The Labute approximate surface area is 108 Å². The first-order valence-corrected chi connectivity index (χ1v) is 6.32. The molecule has 0 aliphatic heterocycles. The fraction of sp³-hybridized carbons (Fsp3) is 0.538. The molecule has 0 radical (unpaired) electrons. The van der Waals surface area contributed by atoms with Crippen LogP contribution < -0.4 is 11.1 Å². The molecule has 1 atom stereocenters. The lowest BCUT2D eigenvalue weighted by molar-refractivity contribution is 0.174. The molecule has 0 bridgehead atoms. The first-order chi connectivity index (χ1) is 8.00. The molecule has 0 spiro atoms. The van der Waals surface area contributed by atoms with Crippen LogP contribution in [0.3, 0.4) is 0 Å². The third kappa shape index (κ3) is 4.94. The molecule has 1 aromatic carbocycles. The van der Waals surface area contributed by atoms with Gasteiger partial charge in [-0.25, -0.2) is 0 Å². The SMILES string of the molecule is CC(C)CCNCC(O)c1ccc(Cl)c(N)c1. The minimum atomic E-state index is -0.540. The Hall–Kier alpha value is -0.770. The summed E-state index contributed by atoms with van der Waals surface area (Å²) in [7, 11) is 0. The van der Waals surface area contributed by atoms with Crippen molar-refractivity contribution < 1.29 is 5.11 Å². The summed E-state index contributed by atoms with van der Waals surface area (Å²) in [6.45, 7) is 5.81. The maximum Gasteiger partial charge on any atom is 0.0915 e. The van der Waals surface area contributed by atoms with E-state index in [4.69, 9.17) is 17.3 Å². The molecule has 0 fully saturated rings. The van der Waals surface area contributed by atoms with Crippen molar-refractivity contribution in [2.75, 3.05) is 18.8 Å². The second-order valence-electron chi connectivity index (χ2n) is 4.68. The summed E-state index contributed by atoms with van der Waals surface area (Å²) in [5.41, 5.74) is 6.99. The molecule has 0 amide bonds. The van der Waals surface area contributed by atoms with Gasteiger partial charge in [-0.3, -0.25) is 0 Å². The summed E-state index contributed by atoms with van der Waals surface area (Å²) in [6, 6.07) is 5.23. The molecule has 0 aliphatic rings. The summed E-state index contributed by atoms with van der Waals surface area (Å²) in [5, 5.41) is 13.7. The van der Waals surface area contributed by atoms with Gasteiger partial charge in [0.05, 0.1) is 16.8 Å². The number of rotatable bonds is 6. The summed E-state index contributed by atoms with van der Waals surface area (Å²) in [5.74, 6) is 0.672. The Bertz CT molecular complexity index is 355. The Balaban J connectivity index is 2.41. The van der Waals surface area contributed by atoms with Crippen molar-refractivity contribution in [2.45, 2.75) is 26.4 Å². The molecule has 4 N–H and O–H groups in total. The fourth-order valence-corrected chi connectivity index (χ4v) is 1.63. The number of nitrogen functional groups attached to an aromatic ring is 1. The second kappa shape index (κ2) is 6.84. The monoisotopic (exact) mass is 256 g/mol. The first-order valence-electron chi connectivity index (χ1n) is 5.94. The van der Waals surface area contributed by atoms with E-state index in [1.807, 2.05) is 0 Å². The van der Waals surface area contributed by atoms with Crippen LogP contribution in [0.1, 0.15) is 31.9 Å². The molecular weight excluding hydrogens is 236 g/mol. The van der Waals surface area contributed by atoms with E-state index < -0.39 is 6.10 Å². The molecule has 1 aromatic rings. The Kier molecular flexibility index (Phi) is 5.75. The number of hydrogen-bond acceptors (Lipinski definition) is 3. The number of hydrogen-bond donors (Lipinski definition) is 3. The van der Waals surface area contributed by atoms with E-state index in [2.05, 4.69) is 19.2 Å². The minimum absolute atomic E-state index is 0.505. The molecule has 3 nitrogen and oxygen atoms in total. The van der Waals surface area contributed by atoms with Crippen LogP contribution in [0, 0.1) is 5.92 Å². The number of aliphatic hydroxyl groups is 1. The van der Waals surface area contributed by atoms with Gasteiger partial charge < -0.3 is 16.2 Å². The van der Waals surface area contributed by atoms with Crippen LogP contribution in [0.15, 0.2) is 18.2 Å². The van der Waals surface area contributed by atoms with E-state index in [0.29, 0.717) is 23.2 Å². The zero-order valence-electron chi connectivity index (χ0n) is 10.4. The number of aliphatic hydroxyl groups excluding tert-OH is 1. The summed E-state index contributed by atoms with van der Waals surface area (Å²) >= 11 is 5.82.